The van der Waals surface area contributed by atoms with Gasteiger partial charge in [0.2, 0.25) is 5.91 Å². The highest BCUT2D eigenvalue weighted by molar-refractivity contribution is 5.95. The van der Waals surface area contributed by atoms with Gasteiger partial charge in [-0.25, -0.2) is 0 Å². The van der Waals surface area contributed by atoms with E-state index in [1.807, 2.05) is 0 Å². The van der Waals surface area contributed by atoms with E-state index in [1.54, 1.807) is 6.92 Å². The Kier molecular flexibility index (Phi) is 8.57. The number of aliphatic hydroxyl groups is 1. The lowest BCUT2D eigenvalue weighted by atomic mass is 9.84. The number of hydrogen-bond donors (Lipinski definition) is 4. The number of carbonyl (C=O) groups is 3. The fraction of sp³-hybridized carbons (Fsp3) is 0.800. The van der Waals surface area contributed by atoms with Crippen molar-refractivity contribution in [2.45, 2.75) is 64.0 Å². The number of ether oxygens (including phenoxy) is 1. The molecule has 0 aromatic carbocycles. The van der Waals surface area contributed by atoms with Crippen molar-refractivity contribution in [2.75, 3.05) is 6.61 Å². The Morgan fingerprint density at radius 3 is 2.48 bits per heavy atom. The molecular formula is C15H27N3O5. The van der Waals surface area contributed by atoms with Gasteiger partial charge < -0.3 is 15.6 Å². The van der Waals surface area contributed by atoms with Crippen molar-refractivity contribution in [1.82, 2.24) is 10.9 Å². The summed E-state index contributed by atoms with van der Waals surface area (Å²) in [4.78, 5) is 34.3. The van der Waals surface area contributed by atoms with Crippen molar-refractivity contribution >= 4 is 17.8 Å². The Balaban J connectivity index is 2.29. The summed E-state index contributed by atoms with van der Waals surface area (Å²) in [6.45, 7) is 1.80. The van der Waals surface area contributed by atoms with Gasteiger partial charge in [-0.05, 0) is 19.3 Å². The van der Waals surface area contributed by atoms with E-state index in [4.69, 9.17) is 5.73 Å². The molecule has 8 nitrogen and oxygen atoms in total. The van der Waals surface area contributed by atoms with Crippen molar-refractivity contribution in [1.29, 1.82) is 0 Å². The summed E-state index contributed by atoms with van der Waals surface area (Å²) in [6, 6.07) is -0.681. The fourth-order valence-electron chi connectivity index (χ4n) is 2.72. The van der Waals surface area contributed by atoms with Crippen LogP contribution in [0.4, 0.5) is 0 Å². The molecule has 0 saturated heterocycles. The van der Waals surface area contributed by atoms with E-state index in [2.05, 4.69) is 15.6 Å². The van der Waals surface area contributed by atoms with Gasteiger partial charge in [-0.3, -0.25) is 25.2 Å². The van der Waals surface area contributed by atoms with Crippen LogP contribution in [0.1, 0.15) is 51.9 Å². The van der Waals surface area contributed by atoms with E-state index < -0.39 is 36.4 Å². The molecule has 5 N–H and O–H groups in total. The Morgan fingerprint density at radius 2 is 1.87 bits per heavy atom. The Hall–Kier alpha value is -1.67. The summed E-state index contributed by atoms with van der Waals surface area (Å²) >= 11 is 0. The average Bonchev–Trinajstić information content (AvgIpc) is 2.53. The predicted molar refractivity (Wildman–Crippen MR) is 82.7 cm³/mol. The lowest BCUT2D eigenvalue weighted by Gasteiger charge is -2.26. The zero-order valence-corrected chi connectivity index (χ0v) is 13.5. The van der Waals surface area contributed by atoms with Crippen molar-refractivity contribution in [3.8, 4) is 0 Å². The van der Waals surface area contributed by atoms with Crippen molar-refractivity contribution in [2.24, 2.45) is 11.7 Å². The minimum absolute atomic E-state index is 0.174. The van der Waals surface area contributed by atoms with E-state index in [1.165, 1.54) is 6.42 Å². The number of nitrogens with one attached hydrogen (secondary N) is 2. The molecule has 8 heteroatoms. The summed E-state index contributed by atoms with van der Waals surface area (Å²) in [5.41, 5.74) is 10.0. The number of carbonyl (C=O) groups excluding carboxylic acids is 3. The second kappa shape index (κ2) is 10.2. The highest BCUT2D eigenvalue weighted by Gasteiger charge is 2.26. The monoisotopic (exact) mass is 329 g/mol. The number of hydrazine groups is 1. The van der Waals surface area contributed by atoms with Crippen molar-refractivity contribution in [3.63, 3.8) is 0 Å². The molecule has 0 aromatic rings. The summed E-state index contributed by atoms with van der Waals surface area (Å²) < 4.78 is 4.61. The second-order valence-electron chi connectivity index (χ2n) is 5.87. The summed E-state index contributed by atoms with van der Waals surface area (Å²) in [5.74, 6) is -1.76. The lowest BCUT2D eigenvalue weighted by Crippen LogP contribution is -2.52. The van der Waals surface area contributed by atoms with Crippen LogP contribution in [0.2, 0.25) is 0 Å². The fourth-order valence-corrected chi connectivity index (χ4v) is 2.72. The molecule has 1 rings (SSSR count). The summed E-state index contributed by atoms with van der Waals surface area (Å²) in [5, 5.41) is 9.92. The van der Waals surface area contributed by atoms with Crippen LogP contribution in [-0.2, 0) is 19.1 Å². The molecule has 23 heavy (non-hydrogen) atoms. The highest BCUT2D eigenvalue weighted by atomic mass is 16.5. The van der Waals surface area contributed by atoms with Gasteiger partial charge in [0.1, 0.15) is 12.5 Å². The van der Waals surface area contributed by atoms with E-state index in [0.717, 1.165) is 25.7 Å². The Labute approximate surface area is 136 Å². The van der Waals surface area contributed by atoms with Gasteiger partial charge >= 0.3 is 5.97 Å². The van der Waals surface area contributed by atoms with Gasteiger partial charge in [0.15, 0.2) is 0 Å². The zero-order chi connectivity index (χ0) is 17.2. The SMILES string of the molecule is CCOC(=O)CC(=O)NNC(=O)[C@H](O)[C@H](N)CC1CCCCC1. The van der Waals surface area contributed by atoms with E-state index in [9.17, 15) is 19.5 Å². The Bertz CT molecular complexity index is 410. The standard InChI is InChI=1S/C15H27N3O5/c1-2-23-13(20)9-12(19)17-18-15(22)14(21)11(16)8-10-6-4-3-5-7-10/h10-11,14,21H,2-9,16H2,1H3,(H,17,19)(H,18,22)/t11-,14-/m1/s1. The lowest BCUT2D eigenvalue weighted by molar-refractivity contribution is -0.147. The van der Waals surface area contributed by atoms with Crippen LogP contribution in [0.5, 0.6) is 0 Å². The van der Waals surface area contributed by atoms with Crippen LogP contribution >= 0.6 is 0 Å². The molecule has 0 spiro atoms. The molecule has 2 atom stereocenters. The second-order valence-corrected chi connectivity index (χ2v) is 5.87. The Morgan fingerprint density at radius 1 is 1.22 bits per heavy atom. The molecule has 1 aliphatic carbocycles. The van der Waals surface area contributed by atoms with Gasteiger partial charge in [-0.1, -0.05) is 32.1 Å². The average molecular weight is 329 g/mol. The number of nitrogens with two attached hydrogens (primary N) is 1. The van der Waals surface area contributed by atoms with Crippen LogP contribution in [0.25, 0.3) is 0 Å². The van der Waals surface area contributed by atoms with Crippen molar-refractivity contribution in [3.05, 3.63) is 0 Å². The molecule has 132 valence electrons. The summed E-state index contributed by atoms with van der Waals surface area (Å²) in [7, 11) is 0. The van der Waals surface area contributed by atoms with Gasteiger partial charge in [-0.2, -0.15) is 0 Å². The molecule has 1 aliphatic rings. The maximum Gasteiger partial charge on any atom is 0.315 e. The van der Waals surface area contributed by atoms with Gasteiger partial charge in [0, 0.05) is 6.04 Å². The van der Waals surface area contributed by atoms with Crippen LogP contribution in [0.15, 0.2) is 0 Å². The predicted octanol–water partition coefficient (Wildman–Crippen LogP) is -0.254. The van der Waals surface area contributed by atoms with Crippen LogP contribution in [0, 0.1) is 5.92 Å². The molecule has 0 heterocycles. The largest absolute Gasteiger partial charge is 0.466 e. The third kappa shape index (κ3) is 7.43. The van der Waals surface area contributed by atoms with E-state index >= 15 is 0 Å². The molecule has 0 aromatic heterocycles. The first-order chi connectivity index (χ1) is 10.9. The molecule has 0 radical (unpaired) electrons. The number of aliphatic hydroxyl groups excluding tert-OH is 1. The van der Waals surface area contributed by atoms with Crippen LogP contribution in [-0.4, -0.2) is 41.6 Å². The number of hydrogen-bond acceptors (Lipinski definition) is 6. The van der Waals surface area contributed by atoms with Gasteiger partial charge in [-0.15, -0.1) is 0 Å². The third-order valence-corrected chi connectivity index (χ3v) is 3.94. The quantitative estimate of drug-likeness (QED) is 0.289. The molecule has 2 amide bonds. The smallest absolute Gasteiger partial charge is 0.315 e. The minimum Gasteiger partial charge on any atom is -0.466 e. The van der Waals surface area contributed by atoms with Crippen LogP contribution < -0.4 is 16.6 Å². The van der Waals surface area contributed by atoms with Crippen molar-refractivity contribution < 1.29 is 24.2 Å². The number of amides is 2. The maximum atomic E-state index is 11.8. The molecular weight excluding hydrogens is 302 g/mol. The third-order valence-electron chi connectivity index (χ3n) is 3.94. The van der Waals surface area contributed by atoms with E-state index in [0.29, 0.717) is 12.3 Å². The maximum absolute atomic E-state index is 11.8. The highest BCUT2D eigenvalue weighted by Crippen LogP contribution is 2.27. The topological polar surface area (TPSA) is 131 Å². The zero-order valence-electron chi connectivity index (χ0n) is 13.5. The molecule has 0 bridgehead atoms. The molecule has 1 fully saturated rings. The van der Waals surface area contributed by atoms with Crippen LogP contribution in [0.3, 0.4) is 0 Å². The first-order valence-electron chi connectivity index (χ1n) is 8.12. The van der Waals surface area contributed by atoms with E-state index in [-0.39, 0.29) is 6.61 Å². The molecule has 0 aliphatic heterocycles. The summed E-state index contributed by atoms with van der Waals surface area (Å²) in [6.07, 6.45) is 4.34. The first-order valence-corrected chi connectivity index (χ1v) is 8.12. The molecule has 0 unspecified atom stereocenters. The molecule has 1 saturated carbocycles. The first kappa shape index (κ1) is 19.4. The van der Waals surface area contributed by atoms with Gasteiger partial charge in [0.25, 0.3) is 5.91 Å². The number of rotatable bonds is 7. The number of esters is 1. The minimum atomic E-state index is -1.40. The normalized spacial score (nSPS) is 17.9. The van der Waals surface area contributed by atoms with Gasteiger partial charge in [0.05, 0.1) is 6.61 Å².